The van der Waals surface area contributed by atoms with E-state index in [0.717, 1.165) is 25.0 Å². The number of ether oxygens (including phenoxy) is 1. The third-order valence-electron chi connectivity index (χ3n) is 3.44. The maximum absolute atomic E-state index is 11.9. The van der Waals surface area contributed by atoms with Crippen LogP contribution < -0.4 is 11.1 Å². The third-order valence-corrected chi connectivity index (χ3v) is 3.44. The smallest absolute Gasteiger partial charge is 0.220 e. The maximum atomic E-state index is 11.9. The topological polar surface area (TPSA) is 77.2 Å². The van der Waals surface area contributed by atoms with Crippen LogP contribution in [0.15, 0.2) is 24.5 Å². The van der Waals surface area contributed by atoms with Crippen molar-refractivity contribution in [2.45, 2.75) is 31.3 Å². The Morgan fingerprint density at radius 1 is 1.53 bits per heavy atom. The van der Waals surface area contributed by atoms with E-state index in [1.165, 1.54) is 0 Å². The lowest BCUT2D eigenvalue weighted by molar-refractivity contribution is -0.121. The van der Waals surface area contributed by atoms with Crippen molar-refractivity contribution in [2.75, 3.05) is 19.7 Å². The fourth-order valence-electron chi connectivity index (χ4n) is 2.30. The van der Waals surface area contributed by atoms with E-state index in [1.807, 2.05) is 12.1 Å². The molecule has 0 aromatic carbocycles. The lowest BCUT2D eigenvalue weighted by Crippen LogP contribution is -2.33. The minimum absolute atomic E-state index is 0.0303. The number of rotatable bonds is 6. The van der Waals surface area contributed by atoms with E-state index in [9.17, 15) is 4.79 Å². The average Bonchev–Trinajstić information content (AvgIpc) is 2.97. The molecule has 1 fully saturated rings. The number of carbonyl (C=O) groups excluding carboxylic acids is 1. The molecule has 1 aliphatic heterocycles. The van der Waals surface area contributed by atoms with Gasteiger partial charge in [-0.1, -0.05) is 0 Å². The molecule has 104 valence electrons. The van der Waals surface area contributed by atoms with Crippen LogP contribution in [0.5, 0.6) is 0 Å². The lowest BCUT2D eigenvalue weighted by atomic mass is 9.96. The van der Waals surface area contributed by atoms with Crippen LogP contribution in [0.4, 0.5) is 0 Å². The molecule has 1 saturated heterocycles. The fraction of sp³-hybridized carbons (Fsp3) is 0.571. The van der Waals surface area contributed by atoms with Crippen LogP contribution in [0.25, 0.3) is 0 Å². The molecular formula is C14H21N3O2. The molecule has 5 heteroatoms. The summed E-state index contributed by atoms with van der Waals surface area (Å²) in [6, 6.07) is 3.82. The zero-order valence-corrected chi connectivity index (χ0v) is 11.0. The molecule has 1 aromatic heterocycles. The molecule has 3 N–H and O–H groups in total. The van der Waals surface area contributed by atoms with Gasteiger partial charge in [0.05, 0.1) is 6.10 Å². The van der Waals surface area contributed by atoms with Crippen LogP contribution in [0.3, 0.4) is 0 Å². The summed E-state index contributed by atoms with van der Waals surface area (Å²) in [6.45, 7) is 1.87. The summed E-state index contributed by atoms with van der Waals surface area (Å²) >= 11 is 0. The molecule has 19 heavy (non-hydrogen) atoms. The van der Waals surface area contributed by atoms with Crippen molar-refractivity contribution in [1.82, 2.24) is 10.3 Å². The molecule has 5 nitrogen and oxygen atoms in total. The van der Waals surface area contributed by atoms with E-state index in [0.29, 0.717) is 19.5 Å². The van der Waals surface area contributed by atoms with E-state index >= 15 is 0 Å². The number of carbonyl (C=O) groups is 1. The first-order valence-electron chi connectivity index (χ1n) is 6.78. The van der Waals surface area contributed by atoms with Gasteiger partial charge in [-0.3, -0.25) is 9.78 Å². The van der Waals surface area contributed by atoms with E-state index in [2.05, 4.69) is 10.3 Å². The lowest BCUT2D eigenvalue weighted by Gasteiger charge is -2.16. The number of nitrogens with zero attached hydrogens (tertiary/aromatic N) is 1. The van der Waals surface area contributed by atoms with Gasteiger partial charge in [0.1, 0.15) is 0 Å². The fourth-order valence-corrected chi connectivity index (χ4v) is 2.30. The minimum atomic E-state index is 0.0303. The highest BCUT2D eigenvalue weighted by Gasteiger charge is 2.18. The Morgan fingerprint density at radius 2 is 2.32 bits per heavy atom. The van der Waals surface area contributed by atoms with Gasteiger partial charge in [0, 0.05) is 37.9 Å². The molecular weight excluding hydrogens is 242 g/mol. The highest BCUT2D eigenvalue weighted by Crippen LogP contribution is 2.17. The average molecular weight is 263 g/mol. The molecule has 1 aromatic rings. The van der Waals surface area contributed by atoms with Crippen molar-refractivity contribution in [3.05, 3.63) is 30.1 Å². The largest absolute Gasteiger partial charge is 0.376 e. The summed E-state index contributed by atoms with van der Waals surface area (Å²) in [4.78, 5) is 15.9. The summed E-state index contributed by atoms with van der Waals surface area (Å²) in [5, 5.41) is 2.92. The first kappa shape index (κ1) is 14.0. The number of aromatic nitrogens is 1. The normalized spacial score (nSPS) is 20.2. The van der Waals surface area contributed by atoms with Crippen LogP contribution in [0.2, 0.25) is 0 Å². The summed E-state index contributed by atoms with van der Waals surface area (Å²) < 4.78 is 5.47. The van der Waals surface area contributed by atoms with Crippen LogP contribution in [-0.2, 0) is 9.53 Å². The van der Waals surface area contributed by atoms with Gasteiger partial charge in [0.15, 0.2) is 0 Å². The Kier molecular flexibility index (Phi) is 5.30. The number of nitrogens with one attached hydrogen (secondary N) is 1. The van der Waals surface area contributed by atoms with Crippen molar-refractivity contribution in [3.8, 4) is 0 Å². The number of pyridine rings is 1. The number of hydrogen-bond acceptors (Lipinski definition) is 4. The van der Waals surface area contributed by atoms with Crippen molar-refractivity contribution in [1.29, 1.82) is 0 Å². The van der Waals surface area contributed by atoms with E-state index in [1.54, 1.807) is 12.4 Å². The Hall–Kier alpha value is -1.46. The van der Waals surface area contributed by atoms with Gasteiger partial charge in [0.2, 0.25) is 5.91 Å². The van der Waals surface area contributed by atoms with Crippen LogP contribution in [0.1, 0.15) is 30.7 Å². The third kappa shape index (κ3) is 4.29. The van der Waals surface area contributed by atoms with Crippen molar-refractivity contribution < 1.29 is 9.53 Å². The Balaban J connectivity index is 1.79. The zero-order chi connectivity index (χ0) is 13.5. The molecule has 1 aliphatic rings. The van der Waals surface area contributed by atoms with Crippen LogP contribution in [0, 0.1) is 0 Å². The number of amides is 1. The zero-order valence-electron chi connectivity index (χ0n) is 11.0. The molecule has 0 bridgehead atoms. The summed E-state index contributed by atoms with van der Waals surface area (Å²) in [5.41, 5.74) is 6.81. The highest BCUT2D eigenvalue weighted by molar-refractivity contribution is 5.76. The molecule has 0 saturated carbocycles. The summed E-state index contributed by atoms with van der Waals surface area (Å²) in [7, 11) is 0. The van der Waals surface area contributed by atoms with Gasteiger partial charge in [-0.05, 0) is 37.1 Å². The van der Waals surface area contributed by atoms with Gasteiger partial charge < -0.3 is 15.8 Å². The summed E-state index contributed by atoms with van der Waals surface area (Å²) in [6.07, 6.45) is 6.16. The second-order valence-electron chi connectivity index (χ2n) is 4.86. The quantitative estimate of drug-likeness (QED) is 0.796. The first-order valence-corrected chi connectivity index (χ1v) is 6.78. The predicted molar refractivity (Wildman–Crippen MR) is 72.6 cm³/mol. The molecule has 2 unspecified atom stereocenters. The van der Waals surface area contributed by atoms with Gasteiger partial charge in [-0.2, -0.15) is 0 Å². The van der Waals surface area contributed by atoms with E-state index in [-0.39, 0.29) is 17.9 Å². The standard InChI is InChI=1S/C14H21N3O2/c15-9-12(11-3-5-16-6-4-11)8-14(18)17-10-13-2-1-7-19-13/h3-6,12-13H,1-2,7-10,15H2,(H,17,18). The molecule has 2 rings (SSSR count). The van der Waals surface area contributed by atoms with Crippen molar-refractivity contribution in [2.24, 2.45) is 5.73 Å². The van der Waals surface area contributed by atoms with Gasteiger partial charge >= 0.3 is 0 Å². The number of nitrogens with two attached hydrogens (primary N) is 1. The van der Waals surface area contributed by atoms with Gasteiger partial charge in [-0.15, -0.1) is 0 Å². The molecule has 1 amide bonds. The molecule has 2 atom stereocenters. The molecule has 0 aliphatic carbocycles. The Morgan fingerprint density at radius 3 is 2.95 bits per heavy atom. The van der Waals surface area contributed by atoms with Crippen molar-refractivity contribution in [3.63, 3.8) is 0 Å². The van der Waals surface area contributed by atoms with Gasteiger partial charge in [-0.25, -0.2) is 0 Å². The van der Waals surface area contributed by atoms with Crippen LogP contribution in [-0.4, -0.2) is 36.7 Å². The highest BCUT2D eigenvalue weighted by atomic mass is 16.5. The van der Waals surface area contributed by atoms with E-state index < -0.39 is 0 Å². The van der Waals surface area contributed by atoms with Gasteiger partial charge in [0.25, 0.3) is 0 Å². The van der Waals surface area contributed by atoms with Crippen molar-refractivity contribution >= 4 is 5.91 Å². The van der Waals surface area contributed by atoms with Crippen LogP contribution >= 0.6 is 0 Å². The number of hydrogen-bond donors (Lipinski definition) is 2. The molecule has 0 spiro atoms. The second kappa shape index (κ2) is 7.21. The molecule has 0 radical (unpaired) electrons. The SMILES string of the molecule is NCC(CC(=O)NCC1CCCO1)c1ccncc1. The predicted octanol–water partition coefficient (Wildman–Crippen LogP) is 0.809. The Bertz CT molecular complexity index is 391. The second-order valence-corrected chi connectivity index (χ2v) is 4.86. The minimum Gasteiger partial charge on any atom is -0.376 e. The first-order chi connectivity index (χ1) is 9.29. The van der Waals surface area contributed by atoms with E-state index in [4.69, 9.17) is 10.5 Å². The monoisotopic (exact) mass is 263 g/mol. The summed E-state index contributed by atoms with van der Waals surface area (Å²) in [5.74, 6) is 0.0789. The molecule has 2 heterocycles. The Labute approximate surface area is 113 Å². The maximum Gasteiger partial charge on any atom is 0.220 e.